The summed E-state index contributed by atoms with van der Waals surface area (Å²) in [5, 5.41) is 0. The first-order valence-corrected chi connectivity index (χ1v) is 3.46. The molecule has 0 spiro atoms. The zero-order valence-electron chi connectivity index (χ0n) is 6.52. The van der Waals surface area contributed by atoms with Gasteiger partial charge in [-0.2, -0.15) is 0 Å². The summed E-state index contributed by atoms with van der Waals surface area (Å²) in [7, 11) is 1.80. The summed E-state index contributed by atoms with van der Waals surface area (Å²) in [6, 6.07) is 0. The summed E-state index contributed by atoms with van der Waals surface area (Å²) < 4.78 is 0. The van der Waals surface area contributed by atoms with Crippen LogP contribution in [0.4, 0.5) is 0 Å². The highest BCUT2D eigenvalue weighted by Gasteiger charge is 1.83. The molecule has 0 aromatic carbocycles. The first-order chi connectivity index (χ1) is 4.35. The molecule has 0 atom stereocenters. The minimum Gasteiger partial charge on any atom is -0.296 e. The van der Waals surface area contributed by atoms with Crippen molar-refractivity contribution in [3.63, 3.8) is 0 Å². The molecule has 9 heavy (non-hydrogen) atoms. The van der Waals surface area contributed by atoms with Crippen molar-refractivity contribution in [1.82, 2.24) is 0 Å². The third kappa shape index (κ3) is 3.95. The highest BCUT2D eigenvalue weighted by molar-refractivity contribution is 5.78. The van der Waals surface area contributed by atoms with Crippen LogP contribution >= 0.6 is 0 Å². The van der Waals surface area contributed by atoms with E-state index in [1.807, 2.05) is 6.21 Å². The van der Waals surface area contributed by atoms with Crippen LogP contribution in [0.15, 0.2) is 16.6 Å². The van der Waals surface area contributed by atoms with Gasteiger partial charge in [-0.15, -0.1) is 0 Å². The summed E-state index contributed by atoms with van der Waals surface area (Å²) in [5.41, 5.74) is 1.33. The number of nitrogens with zero attached hydrogens (tertiary/aromatic N) is 1. The second-order valence-electron chi connectivity index (χ2n) is 1.93. The molecule has 0 heterocycles. The van der Waals surface area contributed by atoms with E-state index >= 15 is 0 Å². The molecule has 0 aromatic rings. The van der Waals surface area contributed by atoms with Crippen molar-refractivity contribution in [2.45, 2.75) is 26.7 Å². The third-order valence-corrected chi connectivity index (χ3v) is 1.17. The topological polar surface area (TPSA) is 12.4 Å². The molecule has 52 valence electrons. The van der Waals surface area contributed by atoms with E-state index in [2.05, 4.69) is 24.9 Å². The van der Waals surface area contributed by atoms with Crippen LogP contribution in [0.1, 0.15) is 26.7 Å². The van der Waals surface area contributed by atoms with Gasteiger partial charge in [0.1, 0.15) is 0 Å². The molecule has 0 N–H and O–H groups in total. The average Bonchev–Trinajstić information content (AvgIpc) is 1.88. The van der Waals surface area contributed by atoms with Crippen molar-refractivity contribution >= 4 is 6.21 Å². The van der Waals surface area contributed by atoms with E-state index in [4.69, 9.17) is 0 Å². The second-order valence-corrected chi connectivity index (χ2v) is 1.93. The van der Waals surface area contributed by atoms with Crippen LogP contribution in [-0.2, 0) is 0 Å². The SMILES string of the molecule is CC/C=C(\C=NC)CC. The molecule has 0 saturated heterocycles. The van der Waals surface area contributed by atoms with Crippen molar-refractivity contribution in [3.8, 4) is 0 Å². The second kappa shape index (κ2) is 5.54. The van der Waals surface area contributed by atoms with Gasteiger partial charge in [-0.1, -0.05) is 19.9 Å². The maximum atomic E-state index is 3.93. The maximum absolute atomic E-state index is 3.93. The van der Waals surface area contributed by atoms with Gasteiger partial charge in [-0.05, 0) is 18.4 Å². The Labute approximate surface area is 57.5 Å². The van der Waals surface area contributed by atoms with E-state index in [9.17, 15) is 0 Å². The minimum absolute atomic E-state index is 1.09. The minimum atomic E-state index is 1.09. The van der Waals surface area contributed by atoms with E-state index < -0.39 is 0 Å². The maximum Gasteiger partial charge on any atom is 0.0277 e. The van der Waals surface area contributed by atoms with E-state index in [1.165, 1.54) is 5.57 Å². The molecule has 0 aliphatic heterocycles. The van der Waals surface area contributed by atoms with Crippen LogP contribution in [0.5, 0.6) is 0 Å². The van der Waals surface area contributed by atoms with Gasteiger partial charge < -0.3 is 0 Å². The molecule has 1 nitrogen and oxygen atoms in total. The number of rotatable bonds is 3. The Morgan fingerprint density at radius 2 is 2.11 bits per heavy atom. The van der Waals surface area contributed by atoms with Crippen LogP contribution in [0.3, 0.4) is 0 Å². The Morgan fingerprint density at radius 3 is 2.44 bits per heavy atom. The highest BCUT2D eigenvalue weighted by atomic mass is 14.6. The van der Waals surface area contributed by atoms with Crippen molar-refractivity contribution in [2.24, 2.45) is 4.99 Å². The zero-order valence-corrected chi connectivity index (χ0v) is 6.52. The van der Waals surface area contributed by atoms with Gasteiger partial charge in [0.25, 0.3) is 0 Å². The number of hydrogen-bond acceptors (Lipinski definition) is 1. The lowest BCUT2D eigenvalue weighted by atomic mass is 10.2. The van der Waals surface area contributed by atoms with Crippen LogP contribution in [0.25, 0.3) is 0 Å². The van der Waals surface area contributed by atoms with Gasteiger partial charge in [-0.3, -0.25) is 4.99 Å². The fraction of sp³-hybridized carbons (Fsp3) is 0.625. The molecule has 0 aliphatic carbocycles. The average molecular weight is 125 g/mol. The molecule has 0 amide bonds. The molecule has 1 heteroatoms. The molecule has 0 rings (SSSR count). The van der Waals surface area contributed by atoms with Crippen molar-refractivity contribution in [2.75, 3.05) is 7.05 Å². The number of allylic oxidation sites excluding steroid dienone is 2. The quantitative estimate of drug-likeness (QED) is 0.514. The van der Waals surface area contributed by atoms with Crippen molar-refractivity contribution < 1.29 is 0 Å². The molecule has 0 unspecified atom stereocenters. The largest absolute Gasteiger partial charge is 0.296 e. The van der Waals surface area contributed by atoms with Gasteiger partial charge >= 0.3 is 0 Å². The van der Waals surface area contributed by atoms with Gasteiger partial charge in [0.05, 0.1) is 0 Å². The Balaban J connectivity index is 3.81. The number of aliphatic imine (C=N–C) groups is 1. The predicted molar refractivity (Wildman–Crippen MR) is 43.1 cm³/mol. The zero-order chi connectivity index (χ0) is 7.11. The number of hydrogen-bond donors (Lipinski definition) is 0. The molecule has 0 fully saturated rings. The molecule has 0 saturated carbocycles. The fourth-order valence-electron chi connectivity index (χ4n) is 0.716. The first kappa shape index (κ1) is 8.41. The fourth-order valence-corrected chi connectivity index (χ4v) is 0.716. The summed E-state index contributed by atoms with van der Waals surface area (Å²) in [6.07, 6.45) is 6.32. The molecular formula is C8H15N. The monoisotopic (exact) mass is 125 g/mol. The molecule has 0 aliphatic rings. The summed E-state index contributed by atoms with van der Waals surface area (Å²) in [6.45, 7) is 4.28. The van der Waals surface area contributed by atoms with Crippen LogP contribution in [0, 0.1) is 0 Å². The predicted octanol–water partition coefficient (Wildman–Crippen LogP) is 2.43. The Bertz CT molecular complexity index is 112. The van der Waals surface area contributed by atoms with Crippen LogP contribution in [0.2, 0.25) is 0 Å². The van der Waals surface area contributed by atoms with Crippen LogP contribution < -0.4 is 0 Å². The van der Waals surface area contributed by atoms with Crippen molar-refractivity contribution in [1.29, 1.82) is 0 Å². The molecular weight excluding hydrogens is 110 g/mol. The summed E-state index contributed by atoms with van der Waals surface area (Å²) >= 11 is 0. The lowest BCUT2D eigenvalue weighted by Crippen LogP contribution is -1.80. The van der Waals surface area contributed by atoms with Gasteiger partial charge in [0.2, 0.25) is 0 Å². The van der Waals surface area contributed by atoms with Gasteiger partial charge in [0.15, 0.2) is 0 Å². The normalized spacial score (nSPS) is 13.0. The van der Waals surface area contributed by atoms with E-state index in [0.29, 0.717) is 0 Å². The van der Waals surface area contributed by atoms with Crippen LogP contribution in [-0.4, -0.2) is 13.3 Å². The van der Waals surface area contributed by atoms with Gasteiger partial charge in [0, 0.05) is 13.3 Å². The molecule has 0 bridgehead atoms. The lowest BCUT2D eigenvalue weighted by molar-refractivity contribution is 1.12. The summed E-state index contributed by atoms with van der Waals surface area (Å²) in [5.74, 6) is 0. The Kier molecular flexibility index (Phi) is 5.18. The highest BCUT2D eigenvalue weighted by Crippen LogP contribution is 1.97. The third-order valence-electron chi connectivity index (χ3n) is 1.17. The summed E-state index contributed by atoms with van der Waals surface area (Å²) in [4.78, 5) is 3.93. The first-order valence-electron chi connectivity index (χ1n) is 3.46. The van der Waals surface area contributed by atoms with Gasteiger partial charge in [-0.25, -0.2) is 0 Å². The Morgan fingerprint density at radius 1 is 1.44 bits per heavy atom. The molecule has 0 aromatic heterocycles. The Hall–Kier alpha value is -0.590. The van der Waals surface area contributed by atoms with E-state index in [1.54, 1.807) is 7.05 Å². The smallest absolute Gasteiger partial charge is 0.0277 e. The van der Waals surface area contributed by atoms with E-state index in [0.717, 1.165) is 12.8 Å². The molecule has 0 radical (unpaired) electrons. The lowest BCUT2D eigenvalue weighted by Gasteiger charge is -1.91. The van der Waals surface area contributed by atoms with Crippen molar-refractivity contribution in [3.05, 3.63) is 11.6 Å². The van der Waals surface area contributed by atoms with E-state index in [-0.39, 0.29) is 0 Å². The standard InChI is InChI=1S/C8H15N/c1-4-6-8(5-2)7-9-3/h6-7H,4-5H2,1-3H3/b8-6-,9-7?.